The topological polar surface area (TPSA) is 20.3 Å². The van der Waals surface area contributed by atoms with E-state index in [1.54, 1.807) is 0 Å². The Morgan fingerprint density at radius 2 is 1.81 bits per heavy atom. The van der Waals surface area contributed by atoms with Gasteiger partial charge in [-0.05, 0) is 36.8 Å². The molecule has 0 fully saturated rings. The third kappa shape index (κ3) is 2.86. The Hall–Kier alpha value is -1.31. The third-order valence-electron chi connectivity index (χ3n) is 4.85. The van der Waals surface area contributed by atoms with E-state index in [2.05, 4.69) is 49.9 Å². The third-order valence-corrected chi connectivity index (χ3v) is 4.85. The van der Waals surface area contributed by atoms with Gasteiger partial charge in [-0.1, -0.05) is 58.7 Å². The molecule has 2 heteroatoms. The van der Waals surface area contributed by atoms with E-state index in [0.29, 0.717) is 12.3 Å². The van der Waals surface area contributed by atoms with Gasteiger partial charge in [0.25, 0.3) is 0 Å². The maximum absolute atomic E-state index is 12.7. The molecule has 0 saturated carbocycles. The van der Waals surface area contributed by atoms with Crippen LogP contribution in [-0.4, -0.2) is 11.4 Å². The number of fused-ring (bicyclic) bond motifs is 1. The number of rotatable bonds is 5. The maximum Gasteiger partial charge on any atom is 0.227 e. The highest BCUT2D eigenvalue weighted by molar-refractivity contribution is 5.96. The lowest BCUT2D eigenvalue weighted by Crippen LogP contribution is -2.55. The Labute approximate surface area is 129 Å². The number of amides is 1. The number of hydrogen-bond donors (Lipinski definition) is 0. The molecule has 0 N–H and O–H groups in total. The first-order valence-corrected chi connectivity index (χ1v) is 8.51. The van der Waals surface area contributed by atoms with Gasteiger partial charge in [-0.15, -0.1) is 0 Å². The fourth-order valence-corrected chi connectivity index (χ4v) is 4.18. The lowest BCUT2D eigenvalue weighted by atomic mass is 9.73. The van der Waals surface area contributed by atoms with Gasteiger partial charge in [0.2, 0.25) is 5.91 Å². The summed E-state index contributed by atoms with van der Waals surface area (Å²) in [6.07, 6.45) is 6.14. The SMILES string of the molecule is CCCC1(CCC)CC(C)c2ccccc2N1C(=O)CC. The summed E-state index contributed by atoms with van der Waals surface area (Å²) in [5.41, 5.74) is 2.51. The van der Waals surface area contributed by atoms with Crippen molar-refractivity contribution in [2.75, 3.05) is 4.90 Å². The van der Waals surface area contributed by atoms with E-state index in [1.165, 1.54) is 5.56 Å². The predicted octanol–water partition coefficient (Wildman–Crippen LogP) is 5.28. The first-order valence-electron chi connectivity index (χ1n) is 8.51. The molecular formula is C19H29NO. The molecule has 1 aliphatic rings. The van der Waals surface area contributed by atoms with Crippen LogP contribution >= 0.6 is 0 Å². The van der Waals surface area contributed by atoms with Crippen LogP contribution in [-0.2, 0) is 4.79 Å². The number of anilines is 1. The molecule has 21 heavy (non-hydrogen) atoms. The van der Waals surface area contributed by atoms with Crippen molar-refractivity contribution in [1.29, 1.82) is 0 Å². The van der Waals surface area contributed by atoms with Gasteiger partial charge in [0.1, 0.15) is 0 Å². The van der Waals surface area contributed by atoms with Crippen LogP contribution in [0.2, 0.25) is 0 Å². The number of carbonyl (C=O) groups is 1. The standard InChI is InChI=1S/C19H29NO/c1-5-12-19(13-6-2)14-15(4)16-10-8-9-11-17(16)20(19)18(21)7-3/h8-11,15H,5-7,12-14H2,1-4H3. The summed E-state index contributed by atoms with van der Waals surface area (Å²) in [6, 6.07) is 8.49. The summed E-state index contributed by atoms with van der Waals surface area (Å²) in [6.45, 7) is 8.76. The van der Waals surface area contributed by atoms with Crippen molar-refractivity contribution in [3.05, 3.63) is 29.8 Å². The average molecular weight is 287 g/mol. The number of hydrogen-bond acceptors (Lipinski definition) is 1. The molecule has 1 heterocycles. The summed E-state index contributed by atoms with van der Waals surface area (Å²) in [5, 5.41) is 0. The van der Waals surface area contributed by atoms with Crippen LogP contribution < -0.4 is 4.90 Å². The molecule has 1 aromatic rings. The number of nitrogens with zero attached hydrogens (tertiary/aromatic N) is 1. The minimum Gasteiger partial charge on any atom is -0.306 e. The summed E-state index contributed by atoms with van der Waals surface area (Å²) >= 11 is 0. The molecule has 0 aromatic heterocycles. The molecule has 1 amide bonds. The smallest absolute Gasteiger partial charge is 0.227 e. The van der Waals surface area contributed by atoms with E-state index in [9.17, 15) is 4.79 Å². The van der Waals surface area contributed by atoms with Crippen LogP contribution in [0.4, 0.5) is 5.69 Å². The molecule has 1 aromatic carbocycles. The first kappa shape index (κ1) is 16.1. The van der Waals surface area contributed by atoms with Gasteiger partial charge in [0.15, 0.2) is 0 Å². The van der Waals surface area contributed by atoms with Gasteiger partial charge in [-0.2, -0.15) is 0 Å². The molecule has 0 bridgehead atoms. The van der Waals surface area contributed by atoms with Gasteiger partial charge < -0.3 is 4.90 Å². The zero-order valence-electron chi connectivity index (χ0n) is 14.0. The van der Waals surface area contributed by atoms with Gasteiger partial charge >= 0.3 is 0 Å². The van der Waals surface area contributed by atoms with E-state index in [0.717, 1.165) is 37.8 Å². The second kappa shape index (κ2) is 6.64. The van der Waals surface area contributed by atoms with E-state index >= 15 is 0 Å². The first-order chi connectivity index (χ1) is 10.1. The van der Waals surface area contributed by atoms with Gasteiger partial charge in [0.05, 0.1) is 0 Å². The summed E-state index contributed by atoms with van der Waals surface area (Å²) < 4.78 is 0. The Balaban J connectivity index is 2.57. The zero-order chi connectivity index (χ0) is 15.5. The number of carbonyl (C=O) groups excluding carboxylic acids is 1. The van der Waals surface area contributed by atoms with Crippen LogP contribution in [0.1, 0.15) is 77.7 Å². The van der Waals surface area contributed by atoms with Crippen LogP contribution in [0.15, 0.2) is 24.3 Å². The van der Waals surface area contributed by atoms with Crippen molar-refractivity contribution in [3.8, 4) is 0 Å². The molecule has 116 valence electrons. The molecule has 2 nitrogen and oxygen atoms in total. The fourth-order valence-electron chi connectivity index (χ4n) is 4.18. The van der Waals surface area contributed by atoms with Crippen molar-refractivity contribution in [2.45, 2.75) is 77.7 Å². The van der Waals surface area contributed by atoms with Gasteiger partial charge in [-0.25, -0.2) is 0 Å². The van der Waals surface area contributed by atoms with Gasteiger partial charge in [0, 0.05) is 17.6 Å². The summed E-state index contributed by atoms with van der Waals surface area (Å²) in [4.78, 5) is 14.9. The Kier molecular flexibility index (Phi) is 5.08. The lowest BCUT2D eigenvalue weighted by Gasteiger charge is -2.50. The van der Waals surface area contributed by atoms with E-state index in [-0.39, 0.29) is 11.4 Å². The number of para-hydroxylation sites is 1. The minimum absolute atomic E-state index is 0.0182. The molecule has 0 radical (unpaired) electrons. The molecule has 0 aliphatic carbocycles. The van der Waals surface area contributed by atoms with Crippen molar-refractivity contribution in [1.82, 2.24) is 0 Å². The van der Waals surface area contributed by atoms with Gasteiger partial charge in [-0.3, -0.25) is 4.79 Å². The monoisotopic (exact) mass is 287 g/mol. The maximum atomic E-state index is 12.7. The molecule has 0 spiro atoms. The quantitative estimate of drug-likeness (QED) is 0.722. The minimum atomic E-state index is 0.0182. The molecule has 1 atom stereocenters. The summed E-state index contributed by atoms with van der Waals surface area (Å²) in [5.74, 6) is 0.802. The second-order valence-electron chi connectivity index (χ2n) is 6.47. The molecule has 2 rings (SSSR count). The van der Waals surface area contributed by atoms with E-state index in [4.69, 9.17) is 0 Å². The second-order valence-corrected chi connectivity index (χ2v) is 6.47. The van der Waals surface area contributed by atoms with Crippen LogP contribution in [0, 0.1) is 0 Å². The Bertz CT molecular complexity index is 488. The predicted molar refractivity (Wildman–Crippen MR) is 89.8 cm³/mol. The van der Waals surface area contributed by atoms with E-state index in [1.807, 2.05) is 6.92 Å². The summed E-state index contributed by atoms with van der Waals surface area (Å²) in [7, 11) is 0. The van der Waals surface area contributed by atoms with Crippen LogP contribution in [0.25, 0.3) is 0 Å². The highest BCUT2D eigenvalue weighted by Gasteiger charge is 2.44. The molecular weight excluding hydrogens is 258 g/mol. The molecule has 1 aliphatic heterocycles. The van der Waals surface area contributed by atoms with Crippen molar-refractivity contribution >= 4 is 11.6 Å². The highest BCUT2D eigenvalue weighted by atomic mass is 16.2. The lowest BCUT2D eigenvalue weighted by molar-refractivity contribution is -0.120. The molecule has 1 unspecified atom stereocenters. The van der Waals surface area contributed by atoms with Crippen LogP contribution in [0.5, 0.6) is 0 Å². The normalized spacial score (nSPS) is 20.2. The van der Waals surface area contributed by atoms with Crippen LogP contribution in [0.3, 0.4) is 0 Å². The fraction of sp³-hybridized carbons (Fsp3) is 0.632. The largest absolute Gasteiger partial charge is 0.306 e. The molecule has 0 saturated heterocycles. The van der Waals surface area contributed by atoms with Crippen molar-refractivity contribution in [3.63, 3.8) is 0 Å². The highest BCUT2D eigenvalue weighted by Crippen LogP contribution is 2.47. The Morgan fingerprint density at radius 3 is 2.38 bits per heavy atom. The average Bonchev–Trinajstić information content (AvgIpc) is 2.47. The van der Waals surface area contributed by atoms with Crippen molar-refractivity contribution in [2.24, 2.45) is 0 Å². The van der Waals surface area contributed by atoms with Crippen molar-refractivity contribution < 1.29 is 4.79 Å². The van der Waals surface area contributed by atoms with E-state index < -0.39 is 0 Å². The Morgan fingerprint density at radius 1 is 1.19 bits per heavy atom. The zero-order valence-corrected chi connectivity index (χ0v) is 14.0. The number of benzene rings is 1.